The van der Waals surface area contributed by atoms with E-state index in [2.05, 4.69) is 50.0 Å². The van der Waals surface area contributed by atoms with Gasteiger partial charge in [0.25, 0.3) is 0 Å². The number of aryl methyl sites for hydroxylation is 1. The van der Waals surface area contributed by atoms with Gasteiger partial charge in [-0.2, -0.15) is 0 Å². The highest BCUT2D eigenvalue weighted by atomic mass is 32.1. The van der Waals surface area contributed by atoms with Crippen LogP contribution in [0.4, 0.5) is 0 Å². The Balaban J connectivity index is 2.09. The Kier molecular flexibility index (Phi) is 5.04. The van der Waals surface area contributed by atoms with Crippen molar-refractivity contribution in [3.8, 4) is 0 Å². The van der Waals surface area contributed by atoms with E-state index in [9.17, 15) is 0 Å². The summed E-state index contributed by atoms with van der Waals surface area (Å²) >= 11 is 1.95. The molecule has 2 heterocycles. The third kappa shape index (κ3) is 3.39. The van der Waals surface area contributed by atoms with E-state index in [1.807, 2.05) is 11.3 Å². The standard InChI is InChI=1S/C16H28N2S/c1-5-14-10-17-16(6-2,7-3)12-18(14)11-15-9-8-13(4)19-15/h8-9,14,17H,5-7,10-12H2,1-4H3. The highest BCUT2D eigenvalue weighted by Crippen LogP contribution is 2.27. The van der Waals surface area contributed by atoms with E-state index in [1.54, 1.807) is 0 Å². The molecule has 1 unspecified atom stereocenters. The Bertz CT molecular complexity index is 395. The molecule has 0 aromatic carbocycles. The Morgan fingerprint density at radius 1 is 1.32 bits per heavy atom. The van der Waals surface area contributed by atoms with Gasteiger partial charge in [0.05, 0.1) is 0 Å². The topological polar surface area (TPSA) is 15.3 Å². The van der Waals surface area contributed by atoms with Crippen molar-refractivity contribution in [3.63, 3.8) is 0 Å². The van der Waals surface area contributed by atoms with Gasteiger partial charge in [0.15, 0.2) is 0 Å². The minimum atomic E-state index is 0.331. The zero-order chi connectivity index (χ0) is 13.9. The molecule has 0 aliphatic carbocycles. The monoisotopic (exact) mass is 280 g/mol. The van der Waals surface area contributed by atoms with Crippen LogP contribution >= 0.6 is 11.3 Å². The molecule has 0 spiro atoms. The molecule has 1 saturated heterocycles. The predicted molar refractivity (Wildman–Crippen MR) is 84.9 cm³/mol. The smallest absolute Gasteiger partial charge is 0.0332 e. The summed E-state index contributed by atoms with van der Waals surface area (Å²) in [6, 6.07) is 5.23. The molecule has 1 aliphatic heterocycles. The fourth-order valence-electron chi connectivity index (χ4n) is 3.12. The minimum Gasteiger partial charge on any atom is -0.308 e. The molecule has 19 heavy (non-hydrogen) atoms. The Labute approximate surface area is 122 Å². The molecule has 1 fully saturated rings. The molecule has 2 nitrogen and oxygen atoms in total. The normalized spacial score (nSPS) is 23.7. The van der Waals surface area contributed by atoms with Gasteiger partial charge < -0.3 is 5.32 Å². The molecule has 1 N–H and O–H groups in total. The van der Waals surface area contributed by atoms with Crippen LogP contribution in [0.25, 0.3) is 0 Å². The molecular weight excluding hydrogens is 252 g/mol. The maximum absolute atomic E-state index is 3.82. The zero-order valence-corrected chi connectivity index (χ0v) is 13.6. The second-order valence-electron chi connectivity index (χ2n) is 5.85. The first kappa shape index (κ1) is 15.0. The van der Waals surface area contributed by atoms with Gasteiger partial charge in [0.2, 0.25) is 0 Å². The molecule has 2 rings (SSSR count). The van der Waals surface area contributed by atoms with Gasteiger partial charge in [-0.05, 0) is 38.3 Å². The number of thiophene rings is 1. The van der Waals surface area contributed by atoms with Crippen LogP contribution in [0.2, 0.25) is 0 Å². The third-order valence-electron chi connectivity index (χ3n) is 4.71. The second-order valence-corrected chi connectivity index (χ2v) is 7.22. The van der Waals surface area contributed by atoms with Crippen molar-refractivity contribution in [2.75, 3.05) is 13.1 Å². The first-order valence-corrected chi connectivity index (χ1v) is 8.48. The lowest BCUT2D eigenvalue weighted by atomic mass is 9.88. The van der Waals surface area contributed by atoms with Crippen LogP contribution in [0.3, 0.4) is 0 Å². The molecule has 1 aliphatic rings. The van der Waals surface area contributed by atoms with E-state index in [0.717, 1.165) is 13.1 Å². The average Bonchev–Trinajstić information content (AvgIpc) is 2.84. The van der Waals surface area contributed by atoms with Crippen molar-refractivity contribution in [2.24, 2.45) is 0 Å². The highest BCUT2D eigenvalue weighted by molar-refractivity contribution is 7.11. The van der Waals surface area contributed by atoms with Crippen molar-refractivity contribution in [1.82, 2.24) is 10.2 Å². The summed E-state index contributed by atoms with van der Waals surface area (Å²) in [5.74, 6) is 0. The number of hydrogen-bond donors (Lipinski definition) is 1. The van der Waals surface area contributed by atoms with Crippen LogP contribution in [0.15, 0.2) is 12.1 Å². The van der Waals surface area contributed by atoms with Crippen LogP contribution in [0, 0.1) is 6.92 Å². The van der Waals surface area contributed by atoms with Crippen LogP contribution in [-0.4, -0.2) is 29.6 Å². The quantitative estimate of drug-likeness (QED) is 0.882. The van der Waals surface area contributed by atoms with Gasteiger partial charge in [-0.1, -0.05) is 20.8 Å². The van der Waals surface area contributed by atoms with Crippen molar-refractivity contribution in [2.45, 2.75) is 65.1 Å². The molecule has 1 aromatic rings. The van der Waals surface area contributed by atoms with Crippen LogP contribution < -0.4 is 5.32 Å². The van der Waals surface area contributed by atoms with E-state index in [-0.39, 0.29) is 0 Å². The summed E-state index contributed by atoms with van der Waals surface area (Å²) in [6.45, 7) is 12.6. The molecule has 0 amide bonds. The van der Waals surface area contributed by atoms with E-state index in [1.165, 1.54) is 35.6 Å². The second kappa shape index (κ2) is 6.38. The van der Waals surface area contributed by atoms with Crippen molar-refractivity contribution >= 4 is 11.3 Å². The van der Waals surface area contributed by atoms with E-state index in [0.29, 0.717) is 11.6 Å². The maximum atomic E-state index is 3.82. The number of hydrogen-bond acceptors (Lipinski definition) is 3. The molecule has 108 valence electrons. The van der Waals surface area contributed by atoms with E-state index < -0.39 is 0 Å². The van der Waals surface area contributed by atoms with Gasteiger partial charge >= 0.3 is 0 Å². The average molecular weight is 280 g/mol. The summed E-state index contributed by atoms with van der Waals surface area (Å²) in [4.78, 5) is 5.64. The number of piperazine rings is 1. The lowest BCUT2D eigenvalue weighted by Gasteiger charge is -2.47. The lowest BCUT2D eigenvalue weighted by Crippen LogP contribution is -2.63. The van der Waals surface area contributed by atoms with Crippen LogP contribution in [0.5, 0.6) is 0 Å². The van der Waals surface area contributed by atoms with Crippen molar-refractivity contribution < 1.29 is 0 Å². The van der Waals surface area contributed by atoms with Gasteiger partial charge in [-0.25, -0.2) is 0 Å². The summed E-state index contributed by atoms with van der Waals surface area (Å²) in [6.07, 6.45) is 3.68. The Morgan fingerprint density at radius 3 is 2.58 bits per heavy atom. The lowest BCUT2D eigenvalue weighted by molar-refractivity contribution is 0.0651. The van der Waals surface area contributed by atoms with Gasteiger partial charge in [-0.3, -0.25) is 4.90 Å². The predicted octanol–water partition coefficient (Wildman–Crippen LogP) is 3.80. The number of nitrogens with one attached hydrogen (secondary N) is 1. The van der Waals surface area contributed by atoms with Crippen molar-refractivity contribution in [3.05, 3.63) is 21.9 Å². The maximum Gasteiger partial charge on any atom is 0.0332 e. The first-order valence-electron chi connectivity index (χ1n) is 7.67. The summed E-state index contributed by atoms with van der Waals surface area (Å²) in [7, 11) is 0. The summed E-state index contributed by atoms with van der Waals surface area (Å²) < 4.78 is 0. The molecule has 0 bridgehead atoms. The summed E-state index contributed by atoms with van der Waals surface area (Å²) in [5, 5.41) is 3.82. The van der Waals surface area contributed by atoms with Crippen molar-refractivity contribution in [1.29, 1.82) is 0 Å². The highest BCUT2D eigenvalue weighted by Gasteiger charge is 2.35. The molecule has 1 atom stereocenters. The third-order valence-corrected chi connectivity index (χ3v) is 5.70. The van der Waals surface area contributed by atoms with Gasteiger partial charge in [0, 0.05) is 41.0 Å². The van der Waals surface area contributed by atoms with E-state index >= 15 is 0 Å². The zero-order valence-electron chi connectivity index (χ0n) is 12.8. The van der Waals surface area contributed by atoms with Gasteiger partial charge in [0.1, 0.15) is 0 Å². The fourth-order valence-corrected chi connectivity index (χ4v) is 4.03. The van der Waals surface area contributed by atoms with E-state index in [4.69, 9.17) is 0 Å². The summed E-state index contributed by atoms with van der Waals surface area (Å²) in [5.41, 5.74) is 0.331. The van der Waals surface area contributed by atoms with Crippen LogP contribution in [0.1, 0.15) is 49.8 Å². The minimum absolute atomic E-state index is 0.331. The molecule has 1 aromatic heterocycles. The fraction of sp³-hybridized carbons (Fsp3) is 0.750. The molecule has 3 heteroatoms. The number of nitrogens with zero attached hydrogens (tertiary/aromatic N) is 1. The number of rotatable bonds is 5. The molecule has 0 saturated carbocycles. The van der Waals surface area contributed by atoms with Crippen LogP contribution in [-0.2, 0) is 6.54 Å². The first-order chi connectivity index (χ1) is 9.12. The molecule has 0 radical (unpaired) electrons. The SMILES string of the molecule is CCC1CNC(CC)(CC)CN1Cc1ccc(C)s1. The molecular formula is C16H28N2S. The Hall–Kier alpha value is -0.380. The Morgan fingerprint density at radius 2 is 2.05 bits per heavy atom. The van der Waals surface area contributed by atoms with Gasteiger partial charge in [-0.15, -0.1) is 11.3 Å². The largest absolute Gasteiger partial charge is 0.308 e.